The molecule has 0 saturated heterocycles. The quantitative estimate of drug-likeness (QED) is 0.153. The third-order valence-corrected chi connectivity index (χ3v) is 6.96. The van der Waals surface area contributed by atoms with Gasteiger partial charge in [-0.1, -0.05) is 35.9 Å². The van der Waals surface area contributed by atoms with Gasteiger partial charge < -0.3 is 9.30 Å². The Morgan fingerprint density at radius 1 is 1.24 bits per heavy atom. The summed E-state index contributed by atoms with van der Waals surface area (Å²) >= 11 is 6.70. The van der Waals surface area contributed by atoms with Crippen molar-refractivity contribution in [3.8, 4) is 5.75 Å². The molecule has 10 nitrogen and oxygen atoms in total. The Kier molecular flexibility index (Phi) is 6.46. The van der Waals surface area contributed by atoms with Gasteiger partial charge in [0, 0.05) is 35.9 Å². The number of nitro groups is 1. The van der Waals surface area contributed by atoms with Gasteiger partial charge in [-0.15, -0.1) is 0 Å². The van der Waals surface area contributed by atoms with Crippen molar-refractivity contribution in [3.05, 3.63) is 75.5 Å². The van der Waals surface area contributed by atoms with E-state index in [-0.39, 0.29) is 11.3 Å². The third-order valence-electron chi connectivity index (χ3n) is 5.62. The summed E-state index contributed by atoms with van der Waals surface area (Å²) in [5.74, 6) is -0.731. The van der Waals surface area contributed by atoms with Gasteiger partial charge in [-0.2, -0.15) is 21.6 Å². The topological polar surface area (TPSA) is 127 Å². The third kappa shape index (κ3) is 4.74. The molecule has 1 unspecified atom stereocenters. The van der Waals surface area contributed by atoms with Crippen LogP contribution >= 0.6 is 11.6 Å². The molecule has 4 rings (SSSR count). The Labute approximate surface area is 213 Å². The fraction of sp³-hybridized carbons (Fsp3) is 0.227. The van der Waals surface area contributed by atoms with Crippen molar-refractivity contribution in [2.45, 2.75) is 23.1 Å². The van der Waals surface area contributed by atoms with E-state index in [2.05, 4.69) is 4.99 Å². The Bertz CT molecular complexity index is 1580. The van der Waals surface area contributed by atoms with Crippen LogP contribution in [0.1, 0.15) is 16.7 Å². The first-order chi connectivity index (χ1) is 17.1. The number of aromatic nitrogens is 1. The standard InChI is InChI=1S/C22H18ClF3N4O6S/c1-13-7-8-18(37(33,34)35)19(20(13)36-12-21(24,25)26)22(23)27-10-9-17(29(22)30(31)32)15-11-28(2)16-6-4-3-5-14(15)16/h3-11H,12H2,1-2H3,(H,33,34,35). The molecule has 1 atom stereocenters. The lowest BCUT2D eigenvalue weighted by molar-refractivity contribution is -0.649. The maximum atomic E-state index is 13.0. The SMILES string of the molecule is Cc1ccc(S(=O)(=O)O)c(C2(Cl)N=CC=C(c3cn(C)c4ccccc34)N2[N+](=O)[O-])c1OCC(F)(F)F. The predicted octanol–water partition coefficient (Wildman–Crippen LogP) is 4.64. The molecule has 3 aromatic rings. The van der Waals surface area contributed by atoms with E-state index < -0.39 is 49.3 Å². The smallest absolute Gasteiger partial charge is 0.422 e. The van der Waals surface area contributed by atoms with E-state index in [1.165, 1.54) is 13.0 Å². The average Bonchev–Trinajstić information content (AvgIpc) is 3.12. The zero-order chi connectivity index (χ0) is 27.3. The molecule has 0 amide bonds. The van der Waals surface area contributed by atoms with Gasteiger partial charge in [-0.25, -0.2) is 15.1 Å². The van der Waals surface area contributed by atoms with Crippen molar-refractivity contribution in [2.24, 2.45) is 12.0 Å². The number of hydrogen-bond acceptors (Lipinski definition) is 6. The molecular weight excluding hydrogens is 541 g/mol. The summed E-state index contributed by atoms with van der Waals surface area (Å²) in [6, 6.07) is 8.85. The van der Waals surface area contributed by atoms with Crippen LogP contribution < -0.4 is 4.74 Å². The van der Waals surface area contributed by atoms with Gasteiger partial charge in [-0.05, 0) is 35.7 Å². The number of hydrazine groups is 1. The largest absolute Gasteiger partial charge is 0.483 e. The number of halogens is 4. The van der Waals surface area contributed by atoms with Crippen LogP contribution in [0.25, 0.3) is 16.6 Å². The summed E-state index contributed by atoms with van der Waals surface area (Å²) in [6.45, 7) is -0.579. The zero-order valence-corrected chi connectivity index (χ0v) is 20.7. The molecule has 1 N–H and O–H groups in total. The van der Waals surface area contributed by atoms with Gasteiger partial charge in [0.25, 0.3) is 15.2 Å². The highest BCUT2D eigenvalue weighted by molar-refractivity contribution is 7.85. The van der Waals surface area contributed by atoms with Crippen LogP contribution in [0.4, 0.5) is 13.2 Å². The molecule has 2 aromatic carbocycles. The number of hydrogen-bond donors (Lipinski definition) is 1. The predicted molar refractivity (Wildman–Crippen MR) is 128 cm³/mol. The summed E-state index contributed by atoms with van der Waals surface area (Å²) in [4.78, 5) is 15.4. The minimum atomic E-state index is -5.17. The Morgan fingerprint density at radius 2 is 1.92 bits per heavy atom. The molecule has 15 heteroatoms. The van der Waals surface area contributed by atoms with E-state index in [0.717, 1.165) is 18.3 Å². The molecule has 0 spiro atoms. The molecule has 0 bridgehead atoms. The van der Waals surface area contributed by atoms with Crippen molar-refractivity contribution < 1.29 is 35.9 Å². The molecule has 37 heavy (non-hydrogen) atoms. The first kappa shape index (κ1) is 26.4. The molecule has 0 saturated carbocycles. The van der Waals surface area contributed by atoms with E-state index >= 15 is 0 Å². The van der Waals surface area contributed by atoms with Gasteiger partial charge in [0.1, 0.15) is 16.3 Å². The van der Waals surface area contributed by atoms with Crippen LogP contribution in [0.2, 0.25) is 0 Å². The number of benzene rings is 2. The minimum absolute atomic E-state index is 0.0357. The van der Waals surface area contributed by atoms with Crippen LogP contribution in [0.5, 0.6) is 5.75 Å². The van der Waals surface area contributed by atoms with Gasteiger partial charge in [0.2, 0.25) is 0 Å². The number of para-hydroxylation sites is 1. The van der Waals surface area contributed by atoms with Crippen molar-refractivity contribution >= 4 is 44.5 Å². The van der Waals surface area contributed by atoms with E-state index in [0.29, 0.717) is 21.5 Å². The van der Waals surface area contributed by atoms with Crippen LogP contribution in [0.15, 0.2) is 58.6 Å². The number of nitrogens with zero attached hydrogens (tertiary/aromatic N) is 4. The first-order valence-electron chi connectivity index (χ1n) is 10.4. The Balaban J connectivity index is 2.01. The highest BCUT2D eigenvalue weighted by atomic mass is 35.5. The van der Waals surface area contributed by atoms with Gasteiger partial charge >= 0.3 is 6.18 Å². The number of ether oxygens (including phenoxy) is 1. The van der Waals surface area contributed by atoms with Crippen molar-refractivity contribution in [2.75, 3.05) is 6.61 Å². The van der Waals surface area contributed by atoms with Gasteiger partial charge in [0.05, 0.1) is 5.56 Å². The molecule has 1 aliphatic rings. The Morgan fingerprint density at radius 3 is 2.54 bits per heavy atom. The van der Waals surface area contributed by atoms with Crippen LogP contribution in [0.3, 0.4) is 0 Å². The summed E-state index contributed by atoms with van der Waals surface area (Å²) in [5.41, 5.74) is -0.0138. The van der Waals surface area contributed by atoms with Crippen LogP contribution in [0, 0.1) is 17.0 Å². The number of fused-ring (bicyclic) bond motifs is 1. The summed E-state index contributed by atoms with van der Waals surface area (Å²) < 4.78 is 80.1. The number of rotatable bonds is 6. The number of alkyl halides is 4. The fourth-order valence-corrected chi connectivity index (χ4v) is 5.32. The highest BCUT2D eigenvalue weighted by Crippen LogP contribution is 2.49. The maximum Gasteiger partial charge on any atom is 0.422 e. The molecule has 1 aromatic heterocycles. The maximum absolute atomic E-state index is 13.0. The van der Waals surface area contributed by atoms with Gasteiger partial charge in [0.15, 0.2) is 11.6 Å². The summed E-state index contributed by atoms with van der Waals surface area (Å²) in [5, 5.41) is 9.58. The van der Waals surface area contributed by atoms with Gasteiger partial charge in [-0.3, -0.25) is 4.55 Å². The van der Waals surface area contributed by atoms with E-state index in [4.69, 9.17) is 16.3 Å². The lowest BCUT2D eigenvalue weighted by Crippen LogP contribution is -2.46. The molecule has 2 heterocycles. The van der Waals surface area contributed by atoms with Crippen molar-refractivity contribution in [1.82, 2.24) is 9.58 Å². The minimum Gasteiger partial charge on any atom is -0.483 e. The molecule has 196 valence electrons. The van der Waals surface area contributed by atoms with Crippen LogP contribution in [-0.2, 0) is 22.3 Å². The van der Waals surface area contributed by atoms with E-state index in [1.54, 1.807) is 42.1 Å². The molecular formula is C22H18ClF3N4O6S. The highest BCUT2D eigenvalue weighted by Gasteiger charge is 2.53. The molecule has 0 radical (unpaired) electrons. The van der Waals surface area contributed by atoms with Crippen molar-refractivity contribution in [1.29, 1.82) is 0 Å². The Hall–Kier alpha value is -3.62. The van der Waals surface area contributed by atoms with E-state index in [1.807, 2.05) is 0 Å². The second-order valence-corrected chi connectivity index (χ2v) is 10.0. The lowest BCUT2D eigenvalue weighted by Gasteiger charge is -2.34. The summed E-state index contributed by atoms with van der Waals surface area (Å²) in [6.07, 6.45) is -0.952. The number of aryl methyl sites for hydroxylation is 2. The monoisotopic (exact) mass is 558 g/mol. The average molecular weight is 559 g/mol. The van der Waals surface area contributed by atoms with E-state index in [9.17, 15) is 36.3 Å². The molecule has 1 aliphatic heterocycles. The normalized spacial score (nSPS) is 18.2. The molecule has 0 fully saturated rings. The number of allylic oxidation sites excluding steroid dienone is 1. The summed E-state index contributed by atoms with van der Waals surface area (Å²) in [7, 11) is -3.47. The number of aliphatic imine (C=N–C) groups is 1. The lowest BCUT2D eigenvalue weighted by atomic mass is 10.0. The van der Waals surface area contributed by atoms with Crippen molar-refractivity contribution in [3.63, 3.8) is 0 Å². The first-order valence-corrected chi connectivity index (χ1v) is 12.2. The second kappa shape index (κ2) is 9.04. The molecule has 0 aliphatic carbocycles. The van der Waals surface area contributed by atoms with Crippen LogP contribution in [-0.4, -0.2) is 46.6 Å². The fourth-order valence-electron chi connectivity index (χ4n) is 4.13. The zero-order valence-electron chi connectivity index (χ0n) is 19.1. The second-order valence-electron chi connectivity index (χ2n) is 8.10.